The van der Waals surface area contributed by atoms with E-state index in [0.717, 1.165) is 21.1 Å². The third kappa shape index (κ3) is 6.93. The molecule has 3 aromatic carbocycles. The average molecular weight is 512 g/mol. The monoisotopic (exact) mass is 511 g/mol. The van der Waals surface area contributed by atoms with Crippen molar-refractivity contribution in [3.05, 3.63) is 95.0 Å². The van der Waals surface area contributed by atoms with Crippen molar-refractivity contribution < 1.29 is 13.2 Å². The Hall–Kier alpha value is -3.16. The molecule has 0 heterocycles. The third-order valence-corrected chi connectivity index (χ3v) is 7.64. The smallest absolute Gasteiger partial charge is 0.264 e. The van der Waals surface area contributed by atoms with Crippen molar-refractivity contribution in [3.8, 4) is 0 Å². The fourth-order valence-corrected chi connectivity index (χ4v) is 5.38. The van der Waals surface area contributed by atoms with E-state index in [2.05, 4.69) is 36.5 Å². The molecule has 0 radical (unpaired) electrons. The standard InChI is InChI=1S/C27H30ClN3O3S/c1-20-13-15-25(16-14-20)35(33,34)31(24-12-8-11-23(28)17-24)19-26(32)30-29-21(2)18-27(3,4)22-9-6-5-7-10-22/h5-17H,18-19H2,1-4H3,(H,30,32)/b29-21+. The van der Waals surface area contributed by atoms with E-state index < -0.39 is 22.5 Å². The van der Waals surface area contributed by atoms with Crippen molar-refractivity contribution in [2.24, 2.45) is 5.10 Å². The fourth-order valence-electron chi connectivity index (χ4n) is 3.78. The first-order valence-corrected chi connectivity index (χ1v) is 13.0. The van der Waals surface area contributed by atoms with Crippen LogP contribution in [0.2, 0.25) is 5.02 Å². The number of hydrogen-bond acceptors (Lipinski definition) is 4. The lowest BCUT2D eigenvalue weighted by Gasteiger charge is -2.25. The molecule has 0 fully saturated rings. The Balaban J connectivity index is 1.80. The zero-order valence-corrected chi connectivity index (χ0v) is 21.9. The molecular weight excluding hydrogens is 482 g/mol. The number of aryl methyl sites for hydroxylation is 1. The second kappa shape index (κ2) is 11.1. The van der Waals surface area contributed by atoms with Gasteiger partial charge in [-0.3, -0.25) is 9.10 Å². The molecule has 35 heavy (non-hydrogen) atoms. The average Bonchev–Trinajstić information content (AvgIpc) is 2.81. The first-order chi connectivity index (χ1) is 16.5. The largest absolute Gasteiger partial charge is 0.271 e. The number of nitrogens with zero attached hydrogens (tertiary/aromatic N) is 2. The van der Waals surface area contributed by atoms with Gasteiger partial charge in [-0.05, 0) is 61.6 Å². The maximum absolute atomic E-state index is 13.4. The van der Waals surface area contributed by atoms with E-state index in [-0.39, 0.29) is 10.3 Å². The number of nitrogens with one attached hydrogen (secondary N) is 1. The highest BCUT2D eigenvalue weighted by Crippen LogP contribution is 2.28. The van der Waals surface area contributed by atoms with Crippen LogP contribution in [0.1, 0.15) is 38.3 Å². The van der Waals surface area contributed by atoms with Crippen LogP contribution in [0.3, 0.4) is 0 Å². The topological polar surface area (TPSA) is 78.8 Å². The lowest BCUT2D eigenvalue weighted by molar-refractivity contribution is -0.119. The normalized spacial score (nSPS) is 12.3. The minimum atomic E-state index is -4.02. The van der Waals surface area contributed by atoms with Crippen molar-refractivity contribution in [2.75, 3.05) is 10.8 Å². The zero-order chi connectivity index (χ0) is 25.6. The van der Waals surface area contributed by atoms with Gasteiger partial charge in [-0.15, -0.1) is 0 Å². The predicted octanol–water partition coefficient (Wildman–Crippen LogP) is 5.70. The van der Waals surface area contributed by atoms with Gasteiger partial charge in [0.1, 0.15) is 6.54 Å². The molecule has 0 saturated carbocycles. The number of halogens is 1. The van der Waals surface area contributed by atoms with Crippen LogP contribution in [0, 0.1) is 6.92 Å². The summed E-state index contributed by atoms with van der Waals surface area (Å²) in [7, 11) is -4.02. The van der Waals surface area contributed by atoms with E-state index in [0.29, 0.717) is 17.1 Å². The fraction of sp³-hybridized carbons (Fsp3) is 0.259. The first-order valence-electron chi connectivity index (χ1n) is 11.2. The van der Waals surface area contributed by atoms with Crippen LogP contribution in [-0.4, -0.2) is 26.6 Å². The molecule has 0 aliphatic rings. The maximum atomic E-state index is 13.4. The molecule has 0 spiro atoms. The second-order valence-corrected chi connectivity index (χ2v) is 11.4. The van der Waals surface area contributed by atoms with Gasteiger partial charge in [-0.1, -0.05) is 79.5 Å². The van der Waals surface area contributed by atoms with Gasteiger partial charge in [-0.25, -0.2) is 13.8 Å². The minimum Gasteiger partial charge on any atom is -0.271 e. The third-order valence-electron chi connectivity index (χ3n) is 5.62. The number of carbonyl (C=O) groups excluding carboxylic acids is 1. The molecule has 8 heteroatoms. The number of sulfonamides is 1. The molecule has 0 aliphatic heterocycles. The second-order valence-electron chi connectivity index (χ2n) is 9.11. The number of amides is 1. The van der Waals surface area contributed by atoms with E-state index in [9.17, 15) is 13.2 Å². The molecule has 1 N–H and O–H groups in total. The van der Waals surface area contributed by atoms with Crippen LogP contribution in [-0.2, 0) is 20.2 Å². The van der Waals surface area contributed by atoms with Gasteiger partial charge in [0.25, 0.3) is 15.9 Å². The minimum absolute atomic E-state index is 0.0835. The van der Waals surface area contributed by atoms with Crippen LogP contribution in [0.5, 0.6) is 0 Å². The zero-order valence-electron chi connectivity index (χ0n) is 20.3. The summed E-state index contributed by atoms with van der Waals surface area (Å²) in [6, 6.07) is 22.9. The highest BCUT2D eigenvalue weighted by Gasteiger charge is 2.27. The van der Waals surface area contributed by atoms with Gasteiger partial charge in [0.15, 0.2) is 0 Å². The molecule has 0 bridgehead atoms. The highest BCUT2D eigenvalue weighted by atomic mass is 35.5. The molecule has 0 saturated heterocycles. The summed E-state index contributed by atoms with van der Waals surface area (Å²) < 4.78 is 27.9. The summed E-state index contributed by atoms with van der Waals surface area (Å²) in [6.45, 7) is 7.48. The Labute approximate surface area is 212 Å². The molecule has 0 atom stereocenters. The Bertz CT molecular complexity index is 1310. The van der Waals surface area contributed by atoms with E-state index in [4.69, 9.17) is 11.6 Å². The number of benzene rings is 3. The van der Waals surface area contributed by atoms with Crippen molar-refractivity contribution in [2.45, 2.75) is 44.4 Å². The Kier molecular flexibility index (Phi) is 8.35. The van der Waals surface area contributed by atoms with E-state index >= 15 is 0 Å². The molecule has 3 aromatic rings. The van der Waals surface area contributed by atoms with Gasteiger partial charge in [-0.2, -0.15) is 5.10 Å². The Morgan fingerprint density at radius 1 is 1.00 bits per heavy atom. The maximum Gasteiger partial charge on any atom is 0.264 e. The molecule has 184 valence electrons. The highest BCUT2D eigenvalue weighted by molar-refractivity contribution is 7.92. The van der Waals surface area contributed by atoms with Gasteiger partial charge in [0.05, 0.1) is 10.6 Å². The molecule has 0 unspecified atom stereocenters. The van der Waals surface area contributed by atoms with E-state index in [1.54, 1.807) is 30.3 Å². The first kappa shape index (κ1) is 26.4. The Morgan fingerprint density at radius 2 is 1.66 bits per heavy atom. The number of rotatable bonds is 9. The quantitative estimate of drug-likeness (QED) is 0.295. The number of hydrogen-bond donors (Lipinski definition) is 1. The molecule has 3 rings (SSSR count). The van der Waals surface area contributed by atoms with Crippen LogP contribution in [0.4, 0.5) is 5.69 Å². The van der Waals surface area contributed by atoms with Gasteiger partial charge in [0, 0.05) is 10.7 Å². The van der Waals surface area contributed by atoms with Crippen LogP contribution >= 0.6 is 11.6 Å². The van der Waals surface area contributed by atoms with Gasteiger partial charge >= 0.3 is 0 Å². The number of anilines is 1. The summed E-state index contributed by atoms with van der Waals surface area (Å²) in [5, 5.41) is 4.60. The van der Waals surface area contributed by atoms with Gasteiger partial charge in [0.2, 0.25) is 0 Å². The predicted molar refractivity (Wildman–Crippen MR) is 142 cm³/mol. The summed E-state index contributed by atoms with van der Waals surface area (Å²) in [5.74, 6) is -0.558. The molecule has 0 aliphatic carbocycles. The lowest BCUT2D eigenvalue weighted by Crippen LogP contribution is -2.39. The molecule has 1 amide bonds. The summed E-state index contributed by atoms with van der Waals surface area (Å²) in [4.78, 5) is 12.9. The van der Waals surface area contributed by atoms with Crippen molar-refractivity contribution in [1.82, 2.24) is 5.43 Å². The number of hydrazone groups is 1. The van der Waals surface area contributed by atoms with Crippen LogP contribution in [0.15, 0.2) is 88.9 Å². The molecular formula is C27H30ClN3O3S. The number of carbonyl (C=O) groups is 1. The molecule has 0 aromatic heterocycles. The van der Waals surface area contributed by atoms with Crippen LogP contribution in [0.25, 0.3) is 0 Å². The van der Waals surface area contributed by atoms with Crippen molar-refractivity contribution in [1.29, 1.82) is 0 Å². The van der Waals surface area contributed by atoms with E-state index in [1.807, 2.05) is 32.0 Å². The lowest BCUT2D eigenvalue weighted by atomic mass is 9.80. The van der Waals surface area contributed by atoms with Crippen molar-refractivity contribution >= 4 is 38.9 Å². The van der Waals surface area contributed by atoms with Gasteiger partial charge < -0.3 is 0 Å². The SMILES string of the molecule is C/C(CC(C)(C)c1ccccc1)=N\NC(=O)CN(c1cccc(Cl)c1)S(=O)(=O)c1ccc(C)cc1. The summed E-state index contributed by atoms with van der Waals surface area (Å²) in [6.07, 6.45) is 0.622. The van der Waals surface area contributed by atoms with E-state index in [1.165, 1.54) is 18.2 Å². The van der Waals surface area contributed by atoms with Crippen LogP contribution < -0.4 is 9.73 Å². The Morgan fingerprint density at radius 3 is 2.29 bits per heavy atom. The molecule has 6 nitrogen and oxygen atoms in total. The summed E-state index contributed by atoms with van der Waals surface area (Å²) >= 11 is 6.11. The summed E-state index contributed by atoms with van der Waals surface area (Å²) in [5.41, 5.74) is 5.44. The van der Waals surface area contributed by atoms with Crippen molar-refractivity contribution in [3.63, 3.8) is 0 Å².